The molecular weight excluding hydrogens is 255 g/mol. The maximum atomic E-state index is 13.1. The number of aliphatic hydroxyl groups is 1. The maximum Gasteiger partial charge on any atom is 0.141 e. The van der Waals surface area contributed by atoms with Gasteiger partial charge in [0.2, 0.25) is 0 Å². The third kappa shape index (κ3) is 4.53. The predicted molar refractivity (Wildman–Crippen MR) is 72.1 cm³/mol. The van der Waals surface area contributed by atoms with E-state index in [1.165, 1.54) is 6.07 Å². The van der Waals surface area contributed by atoms with Crippen LogP contribution in [0.5, 0.6) is 0 Å². The highest BCUT2D eigenvalue weighted by Gasteiger charge is 2.15. The summed E-state index contributed by atoms with van der Waals surface area (Å²) in [6.45, 7) is 4.09. The Morgan fingerprint density at radius 1 is 1.44 bits per heavy atom. The molecule has 0 aliphatic rings. The van der Waals surface area contributed by atoms with Gasteiger partial charge in [0, 0.05) is 18.6 Å². The fourth-order valence-electron chi connectivity index (χ4n) is 1.95. The second kappa shape index (κ2) is 7.04. The van der Waals surface area contributed by atoms with Gasteiger partial charge in [-0.1, -0.05) is 17.7 Å². The van der Waals surface area contributed by atoms with Gasteiger partial charge in [0.25, 0.3) is 0 Å². The van der Waals surface area contributed by atoms with Crippen LogP contribution in [-0.4, -0.2) is 23.8 Å². The minimum atomic E-state index is -0.437. The Morgan fingerprint density at radius 3 is 2.61 bits per heavy atom. The van der Waals surface area contributed by atoms with E-state index in [0.29, 0.717) is 13.0 Å². The summed E-state index contributed by atoms with van der Waals surface area (Å²) in [7, 11) is 0. The van der Waals surface area contributed by atoms with E-state index in [1.54, 1.807) is 19.1 Å². The number of nitrogens with one attached hydrogen (secondary N) is 1. The molecule has 3 atom stereocenters. The fourth-order valence-corrected chi connectivity index (χ4v) is 2.14. The molecule has 1 aromatic rings. The van der Waals surface area contributed by atoms with E-state index in [2.05, 4.69) is 5.32 Å². The Hall–Kier alpha value is -0.680. The van der Waals surface area contributed by atoms with E-state index in [4.69, 9.17) is 17.3 Å². The number of hydrogen-bond donors (Lipinski definition) is 3. The molecule has 0 heterocycles. The minimum absolute atomic E-state index is 0.0935. The Bertz CT molecular complexity index is 387. The van der Waals surface area contributed by atoms with Crippen molar-refractivity contribution in [1.29, 1.82) is 0 Å². The lowest BCUT2D eigenvalue weighted by Crippen LogP contribution is -2.36. The van der Waals surface area contributed by atoms with Crippen molar-refractivity contribution in [2.24, 2.45) is 5.73 Å². The van der Waals surface area contributed by atoms with Gasteiger partial charge in [0.05, 0.1) is 11.1 Å². The molecule has 0 saturated carbocycles. The zero-order valence-electron chi connectivity index (χ0n) is 10.7. The van der Waals surface area contributed by atoms with E-state index in [1.807, 2.05) is 6.92 Å². The van der Waals surface area contributed by atoms with Crippen LogP contribution in [0.4, 0.5) is 4.39 Å². The molecular formula is C13H20ClFN2O. The monoisotopic (exact) mass is 274 g/mol. The van der Waals surface area contributed by atoms with Gasteiger partial charge < -0.3 is 16.2 Å². The van der Waals surface area contributed by atoms with Crippen LogP contribution in [0.2, 0.25) is 5.02 Å². The molecule has 0 aliphatic heterocycles. The van der Waals surface area contributed by atoms with Crippen molar-refractivity contribution >= 4 is 11.6 Å². The van der Waals surface area contributed by atoms with Crippen LogP contribution in [0, 0.1) is 5.82 Å². The third-order valence-electron chi connectivity index (χ3n) is 2.76. The van der Waals surface area contributed by atoms with E-state index in [0.717, 1.165) is 5.56 Å². The van der Waals surface area contributed by atoms with E-state index in [-0.39, 0.29) is 23.2 Å². The van der Waals surface area contributed by atoms with Crippen molar-refractivity contribution in [3.63, 3.8) is 0 Å². The number of aliphatic hydroxyl groups excluding tert-OH is 1. The van der Waals surface area contributed by atoms with Gasteiger partial charge in [-0.15, -0.1) is 0 Å². The normalized spacial score (nSPS) is 16.3. The first-order chi connectivity index (χ1) is 8.43. The third-order valence-corrected chi connectivity index (χ3v) is 3.05. The average Bonchev–Trinajstić information content (AvgIpc) is 2.29. The zero-order chi connectivity index (χ0) is 13.7. The van der Waals surface area contributed by atoms with Crippen LogP contribution in [0.15, 0.2) is 18.2 Å². The summed E-state index contributed by atoms with van der Waals surface area (Å²) < 4.78 is 13.1. The fraction of sp³-hybridized carbons (Fsp3) is 0.538. The molecule has 4 N–H and O–H groups in total. The van der Waals surface area contributed by atoms with Gasteiger partial charge >= 0.3 is 0 Å². The van der Waals surface area contributed by atoms with Crippen LogP contribution in [0.25, 0.3) is 0 Å². The number of halogens is 2. The summed E-state index contributed by atoms with van der Waals surface area (Å²) in [5.74, 6) is -0.437. The highest BCUT2D eigenvalue weighted by atomic mass is 35.5. The van der Waals surface area contributed by atoms with Gasteiger partial charge in [-0.3, -0.25) is 0 Å². The summed E-state index contributed by atoms with van der Waals surface area (Å²) in [6, 6.07) is 4.60. The molecule has 5 heteroatoms. The maximum absolute atomic E-state index is 13.1. The van der Waals surface area contributed by atoms with Crippen LogP contribution in [0.1, 0.15) is 31.9 Å². The molecule has 0 radical (unpaired) electrons. The summed E-state index contributed by atoms with van der Waals surface area (Å²) >= 11 is 5.75. The van der Waals surface area contributed by atoms with Crippen LogP contribution < -0.4 is 11.1 Å². The standard InChI is InChI=1S/C13H20ClFN2O/c1-8(5-9(2)18)17-13(7-16)10-3-4-12(15)11(14)6-10/h3-4,6,8-9,13,17-18H,5,7,16H2,1-2H3. The lowest BCUT2D eigenvalue weighted by molar-refractivity contribution is 0.168. The van der Waals surface area contributed by atoms with Gasteiger partial charge in [0.1, 0.15) is 5.82 Å². The molecule has 0 spiro atoms. The molecule has 18 heavy (non-hydrogen) atoms. The molecule has 0 aromatic heterocycles. The molecule has 1 rings (SSSR count). The van der Waals surface area contributed by atoms with Crippen LogP contribution >= 0.6 is 11.6 Å². The molecule has 0 amide bonds. The highest BCUT2D eigenvalue weighted by molar-refractivity contribution is 6.30. The number of hydrogen-bond acceptors (Lipinski definition) is 3. The molecule has 0 fully saturated rings. The molecule has 3 nitrogen and oxygen atoms in total. The first-order valence-corrected chi connectivity index (χ1v) is 6.41. The quantitative estimate of drug-likeness (QED) is 0.746. The Labute approximate surface area is 112 Å². The lowest BCUT2D eigenvalue weighted by Gasteiger charge is -2.23. The highest BCUT2D eigenvalue weighted by Crippen LogP contribution is 2.21. The van der Waals surface area contributed by atoms with Crippen molar-refractivity contribution < 1.29 is 9.50 Å². The summed E-state index contributed by atoms with van der Waals surface area (Å²) in [6.07, 6.45) is 0.258. The van der Waals surface area contributed by atoms with Gasteiger partial charge in [-0.2, -0.15) is 0 Å². The second-order valence-corrected chi connectivity index (χ2v) is 5.02. The lowest BCUT2D eigenvalue weighted by atomic mass is 10.0. The van der Waals surface area contributed by atoms with Gasteiger partial charge in [-0.05, 0) is 38.0 Å². The van der Waals surface area contributed by atoms with E-state index in [9.17, 15) is 9.50 Å². The summed E-state index contributed by atoms with van der Waals surface area (Å²) in [4.78, 5) is 0. The number of nitrogens with two attached hydrogens (primary N) is 1. The van der Waals surface area contributed by atoms with Crippen molar-refractivity contribution in [3.05, 3.63) is 34.6 Å². The van der Waals surface area contributed by atoms with Crippen molar-refractivity contribution in [2.45, 2.75) is 38.5 Å². The number of benzene rings is 1. The first-order valence-electron chi connectivity index (χ1n) is 6.03. The number of rotatable bonds is 6. The Kier molecular flexibility index (Phi) is 6.02. The SMILES string of the molecule is CC(O)CC(C)NC(CN)c1ccc(F)c(Cl)c1. The molecule has 0 saturated heterocycles. The minimum Gasteiger partial charge on any atom is -0.393 e. The Morgan fingerprint density at radius 2 is 2.11 bits per heavy atom. The average molecular weight is 275 g/mol. The van der Waals surface area contributed by atoms with Crippen molar-refractivity contribution in [2.75, 3.05) is 6.54 Å². The largest absolute Gasteiger partial charge is 0.393 e. The van der Waals surface area contributed by atoms with Crippen LogP contribution in [-0.2, 0) is 0 Å². The van der Waals surface area contributed by atoms with Crippen molar-refractivity contribution in [1.82, 2.24) is 5.32 Å². The summed E-state index contributed by atoms with van der Waals surface area (Å²) in [5.41, 5.74) is 6.56. The topological polar surface area (TPSA) is 58.3 Å². The molecule has 102 valence electrons. The molecule has 0 aliphatic carbocycles. The smallest absolute Gasteiger partial charge is 0.141 e. The second-order valence-electron chi connectivity index (χ2n) is 4.61. The van der Waals surface area contributed by atoms with Crippen LogP contribution in [0.3, 0.4) is 0 Å². The van der Waals surface area contributed by atoms with E-state index >= 15 is 0 Å². The predicted octanol–water partition coefficient (Wildman–Crippen LogP) is 2.23. The molecule has 1 aromatic carbocycles. The van der Waals surface area contributed by atoms with Gasteiger partial charge in [0.15, 0.2) is 0 Å². The summed E-state index contributed by atoms with van der Waals surface area (Å²) in [5, 5.41) is 12.7. The van der Waals surface area contributed by atoms with Gasteiger partial charge in [-0.25, -0.2) is 4.39 Å². The zero-order valence-corrected chi connectivity index (χ0v) is 11.4. The molecule has 0 bridgehead atoms. The first kappa shape index (κ1) is 15.4. The van der Waals surface area contributed by atoms with Crippen molar-refractivity contribution in [3.8, 4) is 0 Å². The Balaban J connectivity index is 2.73. The molecule has 3 unspecified atom stereocenters. The van der Waals surface area contributed by atoms with E-state index < -0.39 is 5.82 Å².